The van der Waals surface area contributed by atoms with Crippen LogP contribution in [0.3, 0.4) is 0 Å². The van der Waals surface area contributed by atoms with Crippen molar-refractivity contribution in [3.8, 4) is 5.75 Å². The second-order valence-electron chi connectivity index (χ2n) is 4.57. The van der Waals surface area contributed by atoms with Gasteiger partial charge in [-0.3, -0.25) is 4.79 Å². The van der Waals surface area contributed by atoms with Crippen molar-refractivity contribution in [1.82, 2.24) is 10.6 Å². The second-order valence-corrected chi connectivity index (χ2v) is 4.57. The number of hydrogen-bond donors (Lipinski definition) is 2. The van der Waals surface area contributed by atoms with Crippen LogP contribution in [0.15, 0.2) is 24.3 Å². The Balaban J connectivity index is 0.00000180. The van der Waals surface area contributed by atoms with E-state index in [9.17, 15) is 4.79 Å². The van der Waals surface area contributed by atoms with E-state index in [0.717, 1.165) is 37.2 Å². The van der Waals surface area contributed by atoms with Crippen LogP contribution in [0.5, 0.6) is 5.75 Å². The summed E-state index contributed by atoms with van der Waals surface area (Å²) in [4.78, 5) is 12.0. The lowest BCUT2D eigenvalue weighted by molar-refractivity contribution is -0.125. The van der Waals surface area contributed by atoms with E-state index in [0.29, 0.717) is 6.54 Å². The molecule has 0 spiro atoms. The van der Waals surface area contributed by atoms with Crippen molar-refractivity contribution in [2.24, 2.45) is 5.92 Å². The van der Waals surface area contributed by atoms with Crippen LogP contribution >= 0.6 is 12.4 Å². The maximum atomic E-state index is 12.0. The Morgan fingerprint density at radius 2 is 2.26 bits per heavy atom. The highest BCUT2D eigenvalue weighted by molar-refractivity contribution is 5.85. The highest BCUT2D eigenvalue weighted by Gasteiger charge is 2.20. The van der Waals surface area contributed by atoms with Crippen molar-refractivity contribution in [3.05, 3.63) is 29.8 Å². The van der Waals surface area contributed by atoms with Gasteiger partial charge in [-0.15, -0.1) is 12.4 Å². The largest absolute Gasteiger partial charge is 0.496 e. The topological polar surface area (TPSA) is 50.4 Å². The van der Waals surface area contributed by atoms with Gasteiger partial charge >= 0.3 is 0 Å². The predicted octanol–water partition coefficient (Wildman–Crippen LogP) is 1.73. The van der Waals surface area contributed by atoms with E-state index in [1.807, 2.05) is 24.3 Å². The number of halogens is 1. The van der Waals surface area contributed by atoms with Gasteiger partial charge in [0.25, 0.3) is 0 Å². The molecular formula is C14H21ClN2O2. The number of benzene rings is 1. The summed E-state index contributed by atoms with van der Waals surface area (Å²) >= 11 is 0. The molecule has 5 heteroatoms. The van der Waals surface area contributed by atoms with Crippen molar-refractivity contribution in [3.63, 3.8) is 0 Å². The van der Waals surface area contributed by atoms with Gasteiger partial charge in [-0.2, -0.15) is 0 Å². The summed E-state index contributed by atoms with van der Waals surface area (Å²) in [6.45, 7) is 2.34. The van der Waals surface area contributed by atoms with E-state index in [2.05, 4.69) is 10.6 Å². The van der Waals surface area contributed by atoms with E-state index in [4.69, 9.17) is 4.74 Å². The van der Waals surface area contributed by atoms with Crippen molar-refractivity contribution < 1.29 is 9.53 Å². The van der Waals surface area contributed by atoms with Crippen LogP contribution in [0.4, 0.5) is 0 Å². The molecule has 1 unspecified atom stereocenters. The highest BCUT2D eigenvalue weighted by Crippen LogP contribution is 2.17. The van der Waals surface area contributed by atoms with Gasteiger partial charge in [0.2, 0.25) is 5.91 Å². The van der Waals surface area contributed by atoms with Gasteiger partial charge in [0.15, 0.2) is 0 Å². The summed E-state index contributed by atoms with van der Waals surface area (Å²) in [5.41, 5.74) is 1.01. The maximum absolute atomic E-state index is 12.0. The fourth-order valence-corrected chi connectivity index (χ4v) is 2.25. The number of hydrogen-bond acceptors (Lipinski definition) is 3. The first-order valence-electron chi connectivity index (χ1n) is 6.41. The molecule has 1 heterocycles. The lowest BCUT2D eigenvalue weighted by atomic mass is 9.99. The van der Waals surface area contributed by atoms with Gasteiger partial charge in [0.05, 0.1) is 13.0 Å². The second kappa shape index (κ2) is 8.02. The number of methoxy groups -OCH3 is 1. The molecule has 0 aromatic heterocycles. The Kier molecular flexibility index (Phi) is 6.67. The molecule has 106 valence electrons. The number of amides is 1. The number of carbonyl (C=O) groups is 1. The first-order chi connectivity index (χ1) is 8.81. The van der Waals surface area contributed by atoms with Gasteiger partial charge in [-0.1, -0.05) is 18.2 Å². The summed E-state index contributed by atoms with van der Waals surface area (Å²) in [6.07, 6.45) is 2.05. The molecule has 19 heavy (non-hydrogen) atoms. The predicted molar refractivity (Wildman–Crippen MR) is 77.7 cm³/mol. The van der Waals surface area contributed by atoms with E-state index in [1.54, 1.807) is 7.11 Å². The Bertz CT molecular complexity index is 406. The Morgan fingerprint density at radius 3 is 2.95 bits per heavy atom. The third kappa shape index (κ3) is 4.40. The monoisotopic (exact) mass is 284 g/mol. The average Bonchev–Trinajstić information content (AvgIpc) is 2.46. The van der Waals surface area contributed by atoms with Gasteiger partial charge in [-0.05, 0) is 25.5 Å². The number of rotatable bonds is 4. The molecule has 1 aliphatic heterocycles. The van der Waals surface area contributed by atoms with E-state index in [-0.39, 0.29) is 24.2 Å². The van der Waals surface area contributed by atoms with Crippen LogP contribution in [0.2, 0.25) is 0 Å². The zero-order valence-electron chi connectivity index (χ0n) is 11.1. The van der Waals surface area contributed by atoms with Gasteiger partial charge in [-0.25, -0.2) is 0 Å². The summed E-state index contributed by atoms with van der Waals surface area (Å²) < 4.78 is 5.26. The fourth-order valence-electron chi connectivity index (χ4n) is 2.25. The van der Waals surface area contributed by atoms with Crippen molar-refractivity contribution in [2.45, 2.75) is 19.4 Å². The molecule has 0 aliphatic carbocycles. The zero-order chi connectivity index (χ0) is 12.8. The molecule has 2 N–H and O–H groups in total. The maximum Gasteiger partial charge on any atom is 0.224 e. The average molecular weight is 285 g/mol. The molecule has 0 radical (unpaired) electrons. The molecule has 1 fully saturated rings. The summed E-state index contributed by atoms with van der Waals surface area (Å²) in [7, 11) is 1.64. The summed E-state index contributed by atoms with van der Waals surface area (Å²) in [6, 6.07) is 7.75. The summed E-state index contributed by atoms with van der Waals surface area (Å²) in [5.74, 6) is 1.06. The number of ether oxygens (including phenoxy) is 1. The van der Waals surface area contributed by atoms with Crippen LogP contribution in [-0.2, 0) is 11.3 Å². The van der Waals surface area contributed by atoms with Gasteiger partial charge in [0, 0.05) is 18.7 Å². The standard InChI is InChI=1S/C14H20N2O2.ClH/c1-18-13-7-3-2-5-11(13)10-16-14(17)12-6-4-8-15-9-12;/h2-3,5,7,12,15H,4,6,8-10H2,1H3,(H,16,17);1H. The number of para-hydroxylation sites is 1. The number of piperidine rings is 1. The minimum atomic E-state index is 0. The minimum Gasteiger partial charge on any atom is -0.496 e. The van der Waals surface area contributed by atoms with Crippen LogP contribution in [-0.4, -0.2) is 26.1 Å². The van der Waals surface area contributed by atoms with Crippen LogP contribution in [0, 0.1) is 5.92 Å². The van der Waals surface area contributed by atoms with E-state index in [1.165, 1.54) is 0 Å². The molecule has 4 nitrogen and oxygen atoms in total. The molecule has 0 bridgehead atoms. The molecule has 1 aromatic rings. The molecule has 1 amide bonds. The fraction of sp³-hybridized carbons (Fsp3) is 0.500. The lowest BCUT2D eigenvalue weighted by Gasteiger charge is -2.22. The molecule has 1 atom stereocenters. The molecule has 1 saturated heterocycles. The first-order valence-corrected chi connectivity index (χ1v) is 6.41. The smallest absolute Gasteiger partial charge is 0.224 e. The van der Waals surface area contributed by atoms with Gasteiger partial charge < -0.3 is 15.4 Å². The lowest BCUT2D eigenvalue weighted by Crippen LogP contribution is -2.40. The van der Waals surface area contributed by atoms with Crippen molar-refractivity contribution >= 4 is 18.3 Å². The quantitative estimate of drug-likeness (QED) is 0.885. The number of nitrogens with one attached hydrogen (secondary N) is 2. The summed E-state index contributed by atoms with van der Waals surface area (Å²) in [5, 5.41) is 6.24. The molecule has 2 rings (SSSR count). The molecule has 1 aliphatic rings. The van der Waals surface area contributed by atoms with E-state index < -0.39 is 0 Å². The van der Waals surface area contributed by atoms with E-state index >= 15 is 0 Å². The minimum absolute atomic E-state index is 0. The third-order valence-electron chi connectivity index (χ3n) is 3.31. The first kappa shape index (κ1) is 15.8. The van der Waals surface area contributed by atoms with Crippen LogP contribution in [0.25, 0.3) is 0 Å². The molecule has 1 aromatic carbocycles. The molecule has 0 saturated carbocycles. The Hall–Kier alpha value is -1.26. The zero-order valence-corrected chi connectivity index (χ0v) is 12.0. The van der Waals surface area contributed by atoms with Crippen LogP contribution in [0.1, 0.15) is 18.4 Å². The van der Waals surface area contributed by atoms with Gasteiger partial charge in [0.1, 0.15) is 5.75 Å². The van der Waals surface area contributed by atoms with Crippen molar-refractivity contribution in [1.29, 1.82) is 0 Å². The molecular weight excluding hydrogens is 264 g/mol. The third-order valence-corrected chi connectivity index (χ3v) is 3.31. The Labute approximate surface area is 120 Å². The Morgan fingerprint density at radius 1 is 1.47 bits per heavy atom. The van der Waals surface area contributed by atoms with Crippen LogP contribution < -0.4 is 15.4 Å². The number of carbonyl (C=O) groups excluding carboxylic acids is 1. The SMILES string of the molecule is COc1ccccc1CNC(=O)C1CCCNC1.Cl. The highest BCUT2D eigenvalue weighted by atomic mass is 35.5. The van der Waals surface area contributed by atoms with Crippen molar-refractivity contribution in [2.75, 3.05) is 20.2 Å². The normalized spacial score (nSPS) is 18.3.